The van der Waals surface area contributed by atoms with Crippen LogP contribution in [0.25, 0.3) is 0 Å². The number of esters is 1. The Morgan fingerprint density at radius 3 is 2.89 bits per heavy atom. The van der Waals surface area contributed by atoms with Crippen LogP contribution in [0, 0.1) is 5.92 Å². The minimum Gasteiger partial charge on any atom is -0.461 e. The molecule has 4 nitrogen and oxygen atoms in total. The zero-order valence-electron chi connectivity index (χ0n) is 10.5. The van der Waals surface area contributed by atoms with E-state index in [-0.39, 0.29) is 11.9 Å². The van der Waals surface area contributed by atoms with Gasteiger partial charge in [0.2, 0.25) is 0 Å². The Labute approximate surface area is 120 Å². The molecular weight excluding hydrogens is 280 g/mol. The van der Waals surface area contributed by atoms with E-state index < -0.39 is 0 Å². The van der Waals surface area contributed by atoms with Crippen LogP contribution in [0.15, 0.2) is 41.0 Å². The summed E-state index contributed by atoms with van der Waals surface area (Å²) in [4.78, 5) is 15.9. The quantitative estimate of drug-likeness (QED) is 0.605. The molecule has 100 valence electrons. The number of aromatic nitrogens is 2. The predicted octanol–water partition coefficient (Wildman–Crippen LogP) is 3.01. The standard InChI is InChI=1S/C13H14N2O2S2/c1-10(8-18-13-14-9-15-19-13)12(16)17-7-11-5-3-2-4-6-11/h2-6,9-10H,7-8H2,1H3. The molecule has 0 bridgehead atoms. The van der Waals surface area contributed by atoms with E-state index in [0.29, 0.717) is 12.4 Å². The molecule has 2 rings (SSSR count). The molecule has 0 aliphatic heterocycles. The Balaban J connectivity index is 1.73. The van der Waals surface area contributed by atoms with Gasteiger partial charge in [-0.3, -0.25) is 4.79 Å². The van der Waals surface area contributed by atoms with Gasteiger partial charge >= 0.3 is 5.97 Å². The van der Waals surface area contributed by atoms with Crippen molar-refractivity contribution in [2.75, 3.05) is 5.75 Å². The van der Waals surface area contributed by atoms with Crippen molar-refractivity contribution >= 4 is 29.3 Å². The van der Waals surface area contributed by atoms with Gasteiger partial charge in [-0.15, -0.1) is 0 Å². The van der Waals surface area contributed by atoms with Crippen LogP contribution in [-0.2, 0) is 16.1 Å². The fourth-order valence-corrected chi connectivity index (χ4v) is 2.83. The topological polar surface area (TPSA) is 52.1 Å². The van der Waals surface area contributed by atoms with Crippen LogP contribution in [0.5, 0.6) is 0 Å². The monoisotopic (exact) mass is 294 g/mol. The average molecular weight is 294 g/mol. The molecule has 1 aromatic heterocycles. The number of carbonyl (C=O) groups excluding carboxylic acids is 1. The van der Waals surface area contributed by atoms with Gasteiger partial charge in [-0.1, -0.05) is 49.0 Å². The highest BCUT2D eigenvalue weighted by Crippen LogP contribution is 2.21. The van der Waals surface area contributed by atoms with Crippen LogP contribution in [0.1, 0.15) is 12.5 Å². The number of thioether (sulfide) groups is 1. The summed E-state index contributed by atoms with van der Waals surface area (Å²) in [7, 11) is 0. The lowest BCUT2D eigenvalue weighted by Crippen LogP contribution is -2.16. The van der Waals surface area contributed by atoms with E-state index in [1.54, 1.807) is 0 Å². The fourth-order valence-electron chi connectivity index (χ4n) is 1.36. The molecular formula is C13H14N2O2S2. The van der Waals surface area contributed by atoms with Gasteiger partial charge in [0, 0.05) is 5.75 Å². The number of hydrogen-bond donors (Lipinski definition) is 0. The SMILES string of the molecule is CC(CSc1ncns1)C(=O)OCc1ccccc1. The summed E-state index contributed by atoms with van der Waals surface area (Å²) in [5.74, 6) is 0.321. The molecule has 0 aliphatic rings. The van der Waals surface area contributed by atoms with Crippen molar-refractivity contribution in [3.05, 3.63) is 42.2 Å². The van der Waals surface area contributed by atoms with Gasteiger partial charge < -0.3 is 4.74 Å². The smallest absolute Gasteiger partial charge is 0.309 e. The molecule has 1 unspecified atom stereocenters. The van der Waals surface area contributed by atoms with Crippen molar-refractivity contribution in [3.63, 3.8) is 0 Å². The summed E-state index contributed by atoms with van der Waals surface area (Å²) >= 11 is 2.87. The first-order chi connectivity index (χ1) is 9.25. The Morgan fingerprint density at radius 2 is 2.21 bits per heavy atom. The van der Waals surface area contributed by atoms with E-state index in [1.807, 2.05) is 37.3 Å². The van der Waals surface area contributed by atoms with Gasteiger partial charge in [0.1, 0.15) is 12.9 Å². The van der Waals surface area contributed by atoms with Crippen LogP contribution in [0.4, 0.5) is 0 Å². The first kappa shape index (κ1) is 14.0. The van der Waals surface area contributed by atoms with Crippen molar-refractivity contribution < 1.29 is 9.53 Å². The average Bonchev–Trinajstić information content (AvgIpc) is 2.96. The maximum atomic E-state index is 11.8. The lowest BCUT2D eigenvalue weighted by atomic mass is 10.2. The number of nitrogens with zero attached hydrogens (tertiary/aromatic N) is 2. The first-order valence-electron chi connectivity index (χ1n) is 5.85. The number of rotatable bonds is 6. The summed E-state index contributed by atoms with van der Waals surface area (Å²) in [6.45, 7) is 2.19. The van der Waals surface area contributed by atoms with Crippen molar-refractivity contribution in [1.29, 1.82) is 0 Å². The Morgan fingerprint density at radius 1 is 1.42 bits per heavy atom. The molecule has 1 heterocycles. The Kier molecular flexibility index (Phi) is 5.35. The Hall–Kier alpha value is -1.40. The van der Waals surface area contributed by atoms with Crippen molar-refractivity contribution in [2.24, 2.45) is 5.92 Å². The molecule has 0 spiro atoms. The number of carbonyl (C=O) groups is 1. The van der Waals surface area contributed by atoms with Gasteiger partial charge in [-0.2, -0.15) is 4.37 Å². The van der Waals surface area contributed by atoms with Crippen molar-refractivity contribution in [1.82, 2.24) is 9.36 Å². The zero-order chi connectivity index (χ0) is 13.5. The van der Waals surface area contributed by atoms with Crippen molar-refractivity contribution in [2.45, 2.75) is 17.9 Å². The van der Waals surface area contributed by atoms with Gasteiger partial charge in [0.15, 0.2) is 4.34 Å². The molecule has 0 fully saturated rings. The maximum Gasteiger partial charge on any atom is 0.309 e. The highest BCUT2D eigenvalue weighted by Gasteiger charge is 2.15. The summed E-state index contributed by atoms with van der Waals surface area (Å²) in [5, 5.41) is 0. The maximum absolute atomic E-state index is 11.8. The van der Waals surface area contributed by atoms with Crippen LogP contribution in [0.2, 0.25) is 0 Å². The number of ether oxygens (including phenoxy) is 1. The largest absolute Gasteiger partial charge is 0.461 e. The Bertz CT molecular complexity index is 503. The third-order valence-corrected chi connectivity index (χ3v) is 4.48. The lowest BCUT2D eigenvalue weighted by molar-refractivity contribution is -0.148. The number of hydrogen-bond acceptors (Lipinski definition) is 6. The summed E-state index contributed by atoms with van der Waals surface area (Å²) in [6.07, 6.45) is 1.52. The molecule has 1 aromatic carbocycles. The zero-order valence-corrected chi connectivity index (χ0v) is 12.1. The molecule has 6 heteroatoms. The molecule has 2 aromatic rings. The summed E-state index contributed by atoms with van der Waals surface area (Å²) < 4.78 is 10.1. The van der Waals surface area contributed by atoms with E-state index in [2.05, 4.69) is 9.36 Å². The van der Waals surface area contributed by atoms with Gasteiger partial charge in [-0.05, 0) is 17.1 Å². The molecule has 0 N–H and O–H groups in total. The molecule has 0 saturated carbocycles. The summed E-state index contributed by atoms with van der Waals surface area (Å²) in [6, 6.07) is 9.67. The van der Waals surface area contributed by atoms with E-state index in [4.69, 9.17) is 4.74 Å². The van der Waals surface area contributed by atoms with Crippen LogP contribution >= 0.6 is 23.3 Å². The van der Waals surface area contributed by atoms with Gasteiger partial charge in [0.05, 0.1) is 5.92 Å². The van der Waals surface area contributed by atoms with Gasteiger partial charge in [0.25, 0.3) is 0 Å². The third-order valence-electron chi connectivity index (χ3n) is 2.42. The number of benzene rings is 1. The predicted molar refractivity (Wildman–Crippen MR) is 76.0 cm³/mol. The van der Waals surface area contributed by atoms with Crippen LogP contribution < -0.4 is 0 Å². The van der Waals surface area contributed by atoms with Crippen LogP contribution in [-0.4, -0.2) is 21.1 Å². The lowest BCUT2D eigenvalue weighted by Gasteiger charge is -2.10. The van der Waals surface area contributed by atoms with Crippen molar-refractivity contribution in [3.8, 4) is 0 Å². The van der Waals surface area contributed by atoms with E-state index >= 15 is 0 Å². The summed E-state index contributed by atoms with van der Waals surface area (Å²) in [5.41, 5.74) is 1.000. The molecule has 0 radical (unpaired) electrons. The van der Waals surface area contributed by atoms with E-state index in [1.165, 1.54) is 29.6 Å². The first-order valence-corrected chi connectivity index (χ1v) is 7.61. The molecule has 0 aliphatic carbocycles. The van der Waals surface area contributed by atoms with Gasteiger partial charge in [-0.25, -0.2) is 4.98 Å². The molecule has 1 atom stereocenters. The molecule has 19 heavy (non-hydrogen) atoms. The second kappa shape index (κ2) is 7.25. The highest BCUT2D eigenvalue weighted by atomic mass is 32.2. The molecule has 0 saturated heterocycles. The second-order valence-corrected chi connectivity index (χ2v) is 6.06. The molecule has 0 amide bonds. The van der Waals surface area contributed by atoms with E-state index in [9.17, 15) is 4.79 Å². The second-order valence-electron chi connectivity index (χ2n) is 4.01. The van der Waals surface area contributed by atoms with Crippen LogP contribution in [0.3, 0.4) is 0 Å². The van der Waals surface area contributed by atoms with E-state index in [0.717, 1.165) is 9.90 Å². The minimum absolute atomic E-state index is 0.155. The fraction of sp³-hybridized carbons (Fsp3) is 0.308. The highest BCUT2D eigenvalue weighted by molar-refractivity contribution is 8.00. The normalized spacial score (nSPS) is 12.1. The third kappa shape index (κ3) is 4.65. The minimum atomic E-state index is -0.180.